The van der Waals surface area contributed by atoms with Crippen molar-refractivity contribution in [1.82, 2.24) is 9.97 Å². The summed E-state index contributed by atoms with van der Waals surface area (Å²) in [6.07, 6.45) is 4.69. The molecule has 1 saturated carbocycles. The van der Waals surface area contributed by atoms with Gasteiger partial charge in [0.25, 0.3) is 0 Å². The number of aromatic nitrogens is 2. The van der Waals surface area contributed by atoms with Crippen LogP contribution in [0.4, 0.5) is 11.5 Å². The molecule has 1 aliphatic rings. The Balaban J connectivity index is 1.96. The second-order valence-electron chi connectivity index (χ2n) is 4.46. The molecule has 0 radical (unpaired) electrons. The highest BCUT2D eigenvalue weighted by Gasteiger charge is 2.29. The average molecular weight is 252 g/mol. The zero-order chi connectivity index (χ0) is 13.0. The third kappa shape index (κ3) is 2.81. The van der Waals surface area contributed by atoms with Crippen LogP contribution in [-0.2, 0) is 4.74 Å². The van der Waals surface area contributed by atoms with Crippen LogP contribution in [0.3, 0.4) is 0 Å². The SMILES string of the molecule is CCCOc1ncnc(NC2CC(OC)C2)c1N. The van der Waals surface area contributed by atoms with Gasteiger partial charge in [-0.05, 0) is 19.3 Å². The summed E-state index contributed by atoms with van der Waals surface area (Å²) < 4.78 is 10.7. The predicted molar refractivity (Wildman–Crippen MR) is 69.7 cm³/mol. The lowest BCUT2D eigenvalue weighted by molar-refractivity contribution is 0.0328. The minimum Gasteiger partial charge on any atom is -0.476 e. The van der Waals surface area contributed by atoms with Crippen LogP contribution in [0.15, 0.2) is 6.33 Å². The highest BCUT2D eigenvalue weighted by molar-refractivity contribution is 5.66. The van der Waals surface area contributed by atoms with Crippen LogP contribution in [-0.4, -0.2) is 35.8 Å². The van der Waals surface area contributed by atoms with Crippen LogP contribution in [0.5, 0.6) is 5.88 Å². The van der Waals surface area contributed by atoms with E-state index >= 15 is 0 Å². The van der Waals surface area contributed by atoms with Gasteiger partial charge in [0.05, 0.1) is 12.7 Å². The van der Waals surface area contributed by atoms with Crippen LogP contribution in [0, 0.1) is 0 Å². The third-order valence-corrected chi connectivity index (χ3v) is 3.06. The van der Waals surface area contributed by atoms with Gasteiger partial charge in [-0.3, -0.25) is 0 Å². The molecule has 6 heteroatoms. The van der Waals surface area contributed by atoms with Gasteiger partial charge in [-0.25, -0.2) is 4.98 Å². The van der Waals surface area contributed by atoms with E-state index < -0.39 is 0 Å². The molecule has 1 fully saturated rings. The second kappa shape index (κ2) is 5.86. The zero-order valence-corrected chi connectivity index (χ0v) is 10.8. The number of nitrogens with one attached hydrogen (secondary N) is 1. The van der Waals surface area contributed by atoms with E-state index in [1.165, 1.54) is 6.33 Å². The van der Waals surface area contributed by atoms with Crippen LogP contribution in [0.25, 0.3) is 0 Å². The molecule has 2 rings (SSSR count). The van der Waals surface area contributed by atoms with Crippen LogP contribution in [0.1, 0.15) is 26.2 Å². The Bertz CT molecular complexity index is 394. The molecule has 18 heavy (non-hydrogen) atoms. The monoisotopic (exact) mass is 252 g/mol. The molecule has 1 aromatic rings. The predicted octanol–water partition coefficient (Wildman–Crippen LogP) is 1.44. The van der Waals surface area contributed by atoms with Gasteiger partial charge in [0.15, 0.2) is 5.82 Å². The number of hydrogen-bond donors (Lipinski definition) is 2. The standard InChI is InChI=1S/C12H20N4O2/c1-3-4-18-12-10(13)11(14-7-15-12)16-8-5-9(6-8)17-2/h7-9H,3-6,13H2,1-2H3,(H,14,15,16). The molecule has 0 saturated heterocycles. The number of nitrogens with two attached hydrogens (primary N) is 1. The number of nitrogens with zero attached hydrogens (tertiary/aromatic N) is 2. The van der Waals surface area contributed by atoms with Crippen molar-refractivity contribution in [3.63, 3.8) is 0 Å². The molecule has 0 amide bonds. The highest BCUT2D eigenvalue weighted by Crippen LogP contribution is 2.30. The first-order valence-corrected chi connectivity index (χ1v) is 6.27. The maximum Gasteiger partial charge on any atom is 0.242 e. The number of hydrogen-bond acceptors (Lipinski definition) is 6. The number of ether oxygens (including phenoxy) is 2. The largest absolute Gasteiger partial charge is 0.476 e. The van der Waals surface area contributed by atoms with Crippen molar-refractivity contribution in [2.24, 2.45) is 0 Å². The van der Waals surface area contributed by atoms with Crippen molar-refractivity contribution in [2.45, 2.75) is 38.3 Å². The normalized spacial score (nSPS) is 22.3. The van der Waals surface area contributed by atoms with Crippen LogP contribution >= 0.6 is 0 Å². The Morgan fingerprint density at radius 3 is 2.89 bits per heavy atom. The molecule has 100 valence electrons. The summed E-state index contributed by atoms with van der Waals surface area (Å²) in [5.41, 5.74) is 6.45. The van der Waals surface area contributed by atoms with Crippen molar-refractivity contribution < 1.29 is 9.47 Å². The average Bonchev–Trinajstić information content (AvgIpc) is 2.33. The number of nitrogen functional groups attached to an aromatic ring is 1. The number of anilines is 2. The van der Waals surface area contributed by atoms with Gasteiger partial charge in [0.1, 0.15) is 12.0 Å². The van der Waals surface area contributed by atoms with E-state index in [0.29, 0.717) is 36.1 Å². The van der Waals surface area contributed by atoms with Crippen molar-refractivity contribution in [3.8, 4) is 5.88 Å². The summed E-state index contributed by atoms with van der Waals surface area (Å²) in [4.78, 5) is 8.19. The first kappa shape index (κ1) is 12.9. The fourth-order valence-corrected chi connectivity index (χ4v) is 1.88. The maximum atomic E-state index is 5.97. The molecule has 0 atom stereocenters. The van der Waals surface area contributed by atoms with E-state index in [0.717, 1.165) is 19.3 Å². The van der Waals surface area contributed by atoms with Gasteiger partial charge < -0.3 is 20.5 Å². The maximum absolute atomic E-state index is 5.97. The smallest absolute Gasteiger partial charge is 0.242 e. The molecular formula is C12H20N4O2. The first-order chi connectivity index (χ1) is 8.74. The van der Waals surface area contributed by atoms with E-state index in [-0.39, 0.29) is 0 Å². The van der Waals surface area contributed by atoms with Crippen molar-refractivity contribution in [1.29, 1.82) is 0 Å². The zero-order valence-electron chi connectivity index (χ0n) is 10.8. The fraction of sp³-hybridized carbons (Fsp3) is 0.667. The van der Waals surface area contributed by atoms with Gasteiger partial charge in [0.2, 0.25) is 5.88 Å². The third-order valence-electron chi connectivity index (χ3n) is 3.06. The van der Waals surface area contributed by atoms with Gasteiger partial charge in [-0.15, -0.1) is 0 Å². The Kier molecular flexibility index (Phi) is 4.19. The lowest BCUT2D eigenvalue weighted by Gasteiger charge is -2.35. The molecular weight excluding hydrogens is 232 g/mol. The molecule has 0 unspecified atom stereocenters. The first-order valence-electron chi connectivity index (χ1n) is 6.27. The van der Waals surface area contributed by atoms with Crippen molar-refractivity contribution >= 4 is 11.5 Å². The molecule has 1 aromatic heterocycles. The van der Waals surface area contributed by atoms with Crippen molar-refractivity contribution in [2.75, 3.05) is 24.8 Å². The molecule has 1 aliphatic carbocycles. The van der Waals surface area contributed by atoms with E-state index in [4.69, 9.17) is 15.2 Å². The number of methoxy groups -OCH3 is 1. The fourth-order valence-electron chi connectivity index (χ4n) is 1.88. The summed E-state index contributed by atoms with van der Waals surface area (Å²) in [6.45, 7) is 2.64. The Labute approximate surface area is 107 Å². The minimum absolute atomic E-state index is 0.348. The van der Waals surface area contributed by atoms with E-state index in [1.807, 2.05) is 6.92 Å². The molecule has 3 N–H and O–H groups in total. The second-order valence-corrected chi connectivity index (χ2v) is 4.46. The highest BCUT2D eigenvalue weighted by atomic mass is 16.5. The summed E-state index contributed by atoms with van der Waals surface area (Å²) in [6, 6.07) is 0.367. The topological polar surface area (TPSA) is 82.3 Å². The van der Waals surface area contributed by atoms with Gasteiger partial charge in [-0.1, -0.05) is 6.92 Å². The Morgan fingerprint density at radius 1 is 1.44 bits per heavy atom. The molecule has 0 spiro atoms. The van der Waals surface area contributed by atoms with E-state index in [2.05, 4.69) is 15.3 Å². The summed E-state index contributed by atoms with van der Waals surface area (Å²) in [5, 5.41) is 3.29. The molecule has 1 heterocycles. The molecule has 0 aliphatic heterocycles. The van der Waals surface area contributed by atoms with Gasteiger partial charge in [0, 0.05) is 13.2 Å². The Morgan fingerprint density at radius 2 is 2.22 bits per heavy atom. The quantitative estimate of drug-likeness (QED) is 0.797. The van der Waals surface area contributed by atoms with Gasteiger partial charge in [-0.2, -0.15) is 4.98 Å². The lowest BCUT2D eigenvalue weighted by Crippen LogP contribution is -2.40. The van der Waals surface area contributed by atoms with E-state index in [9.17, 15) is 0 Å². The van der Waals surface area contributed by atoms with E-state index in [1.54, 1.807) is 7.11 Å². The summed E-state index contributed by atoms with van der Waals surface area (Å²) in [5.74, 6) is 1.10. The molecule has 0 aromatic carbocycles. The number of rotatable bonds is 6. The molecule has 6 nitrogen and oxygen atoms in total. The summed E-state index contributed by atoms with van der Waals surface area (Å²) in [7, 11) is 1.73. The minimum atomic E-state index is 0.348. The lowest BCUT2D eigenvalue weighted by atomic mass is 9.89. The van der Waals surface area contributed by atoms with Gasteiger partial charge >= 0.3 is 0 Å². The molecule has 0 bridgehead atoms. The van der Waals surface area contributed by atoms with Crippen LogP contribution < -0.4 is 15.8 Å². The Hall–Kier alpha value is -1.56. The van der Waals surface area contributed by atoms with Crippen molar-refractivity contribution in [3.05, 3.63) is 6.33 Å². The van der Waals surface area contributed by atoms with Crippen LogP contribution in [0.2, 0.25) is 0 Å². The summed E-state index contributed by atoms with van der Waals surface area (Å²) >= 11 is 0.